The van der Waals surface area contributed by atoms with Gasteiger partial charge in [0.2, 0.25) is 0 Å². The second-order valence-electron chi connectivity index (χ2n) is 4.55. The van der Waals surface area contributed by atoms with E-state index in [0.29, 0.717) is 6.54 Å². The van der Waals surface area contributed by atoms with Crippen molar-refractivity contribution < 1.29 is 9.84 Å². The molecular formula is C16H18BrNO2. The molecule has 0 aliphatic carbocycles. The van der Waals surface area contributed by atoms with Gasteiger partial charge in [0.05, 0.1) is 13.2 Å². The molecule has 0 aromatic heterocycles. The van der Waals surface area contributed by atoms with E-state index in [1.165, 1.54) is 5.56 Å². The van der Waals surface area contributed by atoms with Crippen LogP contribution < -0.4 is 10.1 Å². The molecule has 2 aromatic rings. The number of hydrogen-bond acceptors (Lipinski definition) is 3. The van der Waals surface area contributed by atoms with Crippen LogP contribution in [0.1, 0.15) is 17.2 Å². The Kier molecular flexibility index (Phi) is 5.59. The summed E-state index contributed by atoms with van der Waals surface area (Å²) in [4.78, 5) is 0. The second-order valence-corrected chi connectivity index (χ2v) is 5.47. The fourth-order valence-corrected chi connectivity index (χ4v) is 2.39. The lowest BCUT2D eigenvalue weighted by Gasteiger charge is -2.13. The minimum Gasteiger partial charge on any atom is -0.497 e. The quantitative estimate of drug-likeness (QED) is 0.851. The van der Waals surface area contributed by atoms with Crippen molar-refractivity contribution in [3.05, 3.63) is 64.1 Å². The van der Waals surface area contributed by atoms with Crippen molar-refractivity contribution in [2.45, 2.75) is 12.6 Å². The highest BCUT2D eigenvalue weighted by Crippen LogP contribution is 2.17. The molecule has 0 spiro atoms. The van der Waals surface area contributed by atoms with Crippen molar-refractivity contribution in [3.8, 4) is 5.75 Å². The first-order valence-electron chi connectivity index (χ1n) is 6.46. The number of ether oxygens (including phenoxy) is 1. The van der Waals surface area contributed by atoms with Gasteiger partial charge in [-0.25, -0.2) is 0 Å². The van der Waals surface area contributed by atoms with Crippen LogP contribution in [-0.4, -0.2) is 18.8 Å². The van der Waals surface area contributed by atoms with Gasteiger partial charge in [0.15, 0.2) is 0 Å². The third-order valence-electron chi connectivity index (χ3n) is 3.06. The van der Waals surface area contributed by atoms with Gasteiger partial charge in [-0.15, -0.1) is 0 Å². The topological polar surface area (TPSA) is 41.5 Å². The summed E-state index contributed by atoms with van der Waals surface area (Å²) in [5, 5.41) is 13.4. The minimum absolute atomic E-state index is 0.513. The zero-order chi connectivity index (χ0) is 14.4. The van der Waals surface area contributed by atoms with E-state index < -0.39 is 6.10 Å². The zero-order valence-corrected chi connectivity index (χ0v) is 12.9. The summed E-state index contributed by atoms with van der Waals surface area (Å²) in [6, 6.07) is 15.6. The molecule has 0 aliphatic heterocycles. The Balaban J connectivity index is 1.83. The largest absolute Gasteiger partial charge is 0.497 e. The molecule has 2 rings (SSSR count). The normalized spacial score (nSPS) is 12.2. The summed E-state index contributed by atoms with van der Waals surface area (Å²) in [7, 11) is 1.63. The molecule has 1 unspecified atom stereocenters. The van der Waals surface area contributed by atoms with E-state index in [9.17, 15) is 5.11 Å². The predicted octanol–water partition coefficient (Wildman–Crippen LogP) is 3.28. The predicted molar refractivity (Wildman–Crippen MR) is 83.8 cm³/mol. The van der Waals surface area contributed by atoms with Crippen molar-refractivity contribution >= 4 is 15.9 Å². The summed E-state index contributed by atoms with van der Waals surface area (Å²) in [5.41, 5.74) is 2.06. The maximum Gasteiger partial charge on any atom is 0.118 e. The monoisotopic (exact) mass is 335 g/mol. The average Bonchev–Trinajstić information content (AvgIpc) is 2.47. The van der Waals surface area contributed by atoms with E-state index in [1.807, 2.05) is 36.4 Å². The van der Waals surface area contributed by atoms with E-state index in [2.05, 4.69) is 33.4 Å². The van der Waals surface area contributed by atoms with Gasteiger partial charge in [-0.1, -0.05) is 40.2 Å². The van der Waals surface area contributed by atoms with Gasteiger partial charge in [-0.2, -0.15) is 0 Å². The summed E-state index contributed by atoms with van der Waals surface area (Å²) < 4.78 is 6.16. The minimum atomic E-state index is -0.520. The highest BCUT2D eigenvalue weighted by Gasteiger charge is 2.07. The highest BCUT2D eigenvalue weighted by molar-refractivity contribution is 9.10. The number of nitrogens with one attached hydrogen (secondary N) is 1. The Labute approximate surface area is 127 Å². The maximum absolute atomic E-state index is 10.1. The summed E-state index contributed by atoms with van der Waals surface area (Å²) >= 11 is 3.44. The SMILES string of the molecule is COc1ccc(C(O)CNCc2cccc(Br)c2)cc1. The van der Waals surface area contributed by atoms with Crippen molar-refractivity contribution in [2.24, 2.45) is 0 Å². The van der Waals surface area contributed by atoms with E-state index in [1.54, 1.807) is 7.11 Å². The smallest absolute Gasteiger partial charge is 0.118 e. The lowest BCUT2D eigenvalue weighted by Crippen LogP contribution is -2.21. The zero-order valence-electron chi connectivity index (χ0n) is 11.3. The molecule has 0 amide bonds. The average molecular weight is 336 g/mol. The van der Waals surface area contributed by atoms with Crippen molar-refractivity contribution in [2.75, 3.05) is 13.7 Å². The van der Waals surface area contributed by atoms with E-state index in [0.717, 1.165) is 22.3 Å². The molecule has 2 N–H and O–H groups in total. The summed E-state index contributed by atoms with van der Waals surface area (Å²) in [6.07, 6.45) is -0.520. The molecule has 20 heavy (non-hydrogen) atoms. The lowest BCUT2D eigenvalue weighted by molar-refractivity contribution is 0.174. The van der Waals surface area contributed by atoms with Crippen LogP contribution >= 0.6 is 15.9 Å². The maximum atomic E-state index is 10.1. The Morgan fingerprint density at radius 1 is 1.20 bits per heavy atom. The van der Waals surface area contributed by atoms with Crippen LogP contribution in [0.4, 0.5) is 0 Å². The first-order chi connectivity index (χ1) is 9.69. The Morgan fingerprint density at radius 3 is 2.60 bits per heavy atom. The number of benzene rings is 2. The Bertz CT molecular complexity index is 542. The number of methoxy groups -OCH3 is 1. The number of aliphatic hydroxyl groups is 1. The molecule has 0 fully saturated rings. The molecular weight excluding hydrogens is 318 g/mol. The van der Waals surface area contributed by atoms with Crippen LogP contribution in [0.5, 0.6) is 5.75 Å². The van der Waals surface area contributed by atoms with Crippen LogP contribution in [0.2, 0.25) is 0 Å². The van der Waals surface area contributed by atoms with Gasteiger partial charge < -0.3 is 15.2 Å². The molecule has 2 aromatic carbocycles. The Hall–Kier alpha value is -1.36. The first-order valence-corrected chi connectivity index (χ1v) is 7.25. The van der Waals surface area contributed by atoms with Crippen molar-refractivity contribution in [1.29, 1.82) is 0 Å². The van der Waals surface area contributed by atoms with E-state index >= 15 is 0 Å². The Morgan fingerprint density at radius 2 is 1.95 bits per heavy atom. The summed E-state index contributed by atoms with van der Waals surface area (Å²) in [5.74, 6) is 0.794. The third kappa shape index (κ3) is 4.34. The van der Waals surface area contributed by atoms with Gasteiger partial charge >= 0.3 is 0 Å². The molecule has 3 nitrogen and oxygen atoms in total. The van der Waals surface area contributed by atoms with Gasteiger partial charge in [0.1, 0.15) is 5.75 Å². The van der Waals surface area contributed by atoms with Crippen LogP contribution in [0.15, 0.2) is 53.0 Å². The highest BCUT2D eigenvalue weighted by atomic mass is 79.9. The molecule has 1 atom stereocenters. The van der Waals surface area contributed by atoms with Gasteiger partial charge in [0, 0.05) is 17.6 Å². The molecule has 0 saturated heterocycles. The van der Waals surface area contributed by atoms with E-state index in [4.69, 9.17) is 4.74 Å². The number of hydrogen-bond donors (Lipinski definition) is 2. The van der Waals surface area contributed by atoms with Crippen LogP contribution in [-0.2, 0) is 6.54 Å². The fourth-order valence-electron chi connectivity index (χ4n) is 1.94. The van der Waals surface area contributed by atoms with Crippen LogP contribution in [0, 0.1) is 0 Å². The molecule has 0 heterocycles. The van der Waals surface area contributed by atoms with Crippen LogP contribution in [0.3, 0.4) is 0 Å². The van der Waals surface area contributed by atoms with Crippen molar-refractivity contribution in [3.63, 3.8) is 0 Å². The first kappa shape index (κ1) is 15.0. The molecule has 0 radical (unpaired) electrons. The van der Waals surface area contributed by atoms with Crippen molar-refractivity contribution in [1.82, 2.24) is 5.32 Å². The second kappa shape index (κ2) is 7.43. The number of rotatable bonds is 6. The van der Waals surface area contributed by atoms with Gasteiger partial charge in [0.25, 0.3) is 0 Å². The molecule has 0 saturated carbocycles. The standard InChI is InChI=1S/C16H18BrNO2/c1-20-15-7-5-13(6-8-15)16(19)11-18-10-12-3-2-4-14(17)9-12/h2-9,16,18-19H,10-11H2,1H3. The number of halogens is 1. The molecule has 4 heteroatoms. The van der Waals surface area contributed by atoms with Gasteiger partial charge in [-0.05, 0) is 35.4 Å². The van der Waals surface area contributed by atoms with Gasteiger partial charge in [-0.3, -0.25) is 0 Å². The third-order valence-corrected chi connectivity index (χ3v) is 3.55. The van der Waals surface area contributed by atoms with E-state index in [-0.39, 0.29) is 0 Å². The molecule has 0 bridgehead atoms. The van der Waals surface area contributed by atoms with Crippen LogP contribution in [0.25, 0.3) is 0 Å². The lowest BCUT2D eigenvalue weighted by atomic mass is 10.1. The number of aliphatic hydroxyl groups excluding tert-OH is 1. The molecule has 106 valence electrons. The summed E-state index contributed by atoms with van der Waals surface area (Å²) in [6.45, 7) is 1.24. The fraction of sp³-hybridized carbons (Fsp3) is 0.250. The molecule has 0 aliphatic rings.